The number of nitrogens with zero attached hydrogens (tertiary/aromatic N) is 1. The summed E-state index contributed by atoms with van der Waals surface area (Å²) in [6.45, 7) is 0.293. The molecule has 0 spiro atoms. The van der Waals surface area contributed by atoms with Gasteiger partial charge in [-0.2, -0.15) is 13.2 Å². The van der Waals surface area contributed by atoms with E-state index in [-0.39, 0.29) is 13.1 Å². The molecular weight excluding hydrogens is 269 g/mol. The van der Waals surface area contributed by atoms with Gasteiger partial charge in [-0.15, -0.1) is 0 Å². The van der Waals surface area contributed by atoms with Crippen LogP contribution in [0.15, 0.2) is 30.3 Å². The van der Waals surface area contributed by atoms with E-state index in [1.807, 2.05) is 6.07 Å². The van der Waals surface area contributed by atoms with E-state index in [4.69, 9.17) is 5.73 Å². The fraction of sp³-hybridized carbons (Fsp3) is 0.571. The number of rotatable bonds is 7. The predicted octanol–water partition coefficient (Wildman–Crippen LogP) is 2.11. The van der Waals surface area contributed by atoms with Crippen molar-refractivity contribution in [1.82, 2.24) is 4.90 Å². The van der Waals surface area contributed by atoms with Crippen LogP contribution in [0.5, 0.6) is 0 Å². The molecule has 3 N–H and O–H groups in total. The maximum absolute atomic E-state index is 12.1. The summed E-state index contributed by atoms with van der Waals surface area (Å²) in [6.07, 6.45) is -4.71. The molecule has 3 nitrogen and oxygen atoms in total. The van der Waals surface area contributed by atoms with Crippen molar-refractivity contribution in [2.75, 3.05) is 26.7 Å². The number of nitrogens with two attached hydrogens (primary N) is 1. The molecule has 0 saturated carbocycles. The molecule has 0 bridgehead atoms. The van der Waals surface area contributed by atoms with Crippen molar-refractivity contribution in [2.24, 2.45) is 5.73 Å². The lowest BCUT2D eigenvalue weighted by atomic mass is 9.90. The number of hydrogen-bond acceptors (Lipinski definition) is 3. The van der Waals surface area contributed by atoms with E-state index in [1.54, 1.807) is 36.2 Å². The topological polar surface area (TPSA) is 49.5 Å². The molecule has 114 valence electrons. The van der Waals surface area contributed by atoms with Gasteiger partial charge in [-0.05, 0) is 19.0 Å². The molecule has 0 amide bonds. The van der Waals surface area contributed by atoms with Crippen LogP contribution in [0.25, 0.3) is 0 Å². The first kappa shape index (κ1) is 16.9. The van der Waals surface area contributed by atoms with E-state index in [1.165, 1.54) is 0 Å². The normalized spacial score (nSPS) is 15.3. The summed E-state index contributed by atoms with van der Waals surface area (Å²) in [5, 5.41) is 10.5. The molecule has 1 rings (SSSR count). The SMILES string of the molecule is CN(CCC(F)(F)F)CCC(O)(CN)c1ccccc1. The zero-order chi connectivity index (χ0) is 15.2. The van der Waals surface area contributed by atoms with Gasteiger partial charge >= 0.3 is 6.18 Å². The number of halogens is 3. The van der Waals surface area contributed by atoms with E-state index >= 15 is 0 Å². The van der Waals surface area contributed by atoms with Crippen molar-refractivity contribution in [1.29, 1.82) is 0 Å². The van der Waals surface area contributed by atoms with Gasteiger partial charge in [-0.3, -0.25) is 0 Å². The molecule has 0 heterocycles. The van der Waals surface area contributed by atoms with E-state index < -0.39 is 18.2 Å². The van der Waals surface area contributed by atoms with Gasteiger partial charge in [0.05, 0.1) is 6.42 Å². The second-order valence-corrected chi connectivity index (χ2v) is 5.02. The molecule has 0 radical (unpaired) electrons. The number of benzene rings is 1. The van der Waals surface area contributed by atoms with Crippen molar-refractivity contribution in [3.05, 3.63) is 35.9 Å². The van der Waals surface area contributed by atoms with Gasteiger partial charge in [0.1, 0.15) is 5.60 Å². The van der Waals surface area contributed by atoms with Crippen LogP contribution in [0.3, 0.4) is 0 Å². The van der Waals surface area contributed by atoms with Gasteiger partial charge in [0.25, 0.3) is 0 Å². The summed E-state index contributed by atoms with van der Waals surface area (Å²) < 4.78 is 36.4. The Labute approximate surface area is 117 Å². The third kappa shape index (κ3) is 5.48. The van der Waals surface area contributed by atoms with Gasteiger partial charge < -0.3 is 15.7 Å². The minimum atomic E-state index is -4.15. The molecule has 1 atom stereocenters. The molecule has 0 fully saturated rings. The first-order valence-corrected chi connectivity index (χ1v) is 6.50. The summed E-state index contributed by atoms with van der Waals surface area (Å²) in [4.78, 5) is 1.55. The van der Waals surface area contributed by atoms with Crippen LogP contribution < -0.4 is 5.73 Å². The van der Waals surface area contributed by atoms with Crippen molar-refractivity contribution >= 4 is 0 Å². The molecule has 1 unspecified atom stereocenters. The zero-order valence-corrected chi connectivity index (χ0v) is 11.5. The molecule has 6 heteroatoms. The maximum Gasteiger partial charge on any atom is 0.390 e. The van der Waals surface area contributed by atoms with Crippen molar-refractivity contribution < 1.29 is 18.3 Å². The third-order valence-corrected chi connectivity index (χ3v) is 3.33. The Hall–Kier alpha value is -1.11. The molecule has 0 saturated heterocycles. The van der Waals surface area contributed by atoms with Crippen LogP contribution in [0.4, 0.5) is 13.2 Å². The van der Waals surface area contributed by atoms with Crippen LogP contribution in [0.1, 0.15) is 18.4 Å². The summed E-state index contributed by atoms with van der Waals surface area (Å²) in [7, 11) is 1.60. The predicted molar refractivity (Wildman–Crippen MR) is 72.2 cm³/mol. The smallest absolute Gasteiger partial charge is 0.384 e. The van der Waals surface area contributed by atoms with Gasteiger partial charge in [0.15, 0.2) is 0 Å². The molecule has 0 aliphatic carbocycles. The summed E-state index contributed by atoms with van der Waals surface area (Å²) in [5.74, 6) is 0. The molecule has 0 aliphatic rings. The van der Waals surface area contributed by atoms with Crippen LogP contribution in [-0.4, -0.2) is 42.9 Å². The highest BCUT2D eigenvalue weighted by molar-refractivity contribution is 5.22. The third-order valence-electron chi connectivity index (χ3n) is 3.33. The Morgan fingerprint density at radius 2 is 1.65 bits per heavy atom. The fourth-order valence-corrected chi connectivity index (χ4v) is 1.92. The molecule has 0 aliphatic heterocycles. The molecule has 0 aromatic heterocycles. The highest BCUT2D eigenvalue weighted by Crippen LogP contribution is 2.24. The summed E-state index contributed by atoms with van der Waals surface area (Å²) in [5.41, 5.74) is 5.11. The van der Waals surface area contributed by atoms with Gasteiger partial charge in [0, 0.05) is 19.6 Å². The van der Waals surface area contributed by atoms with Crippen molar-refractivity contribution in [2.45, 2.75) is 24.6 Å². The number of hydrogen-bond donors (Lipinski definition) is 2. The molecular formula is C14H21F3N2O. The van der Waals surface area contributed by atoms with E-state index in [2.05, 4.69) is 0 Å². The Balaban J connectivity index is 2.53. The molecule has 20 heavy (non-hydrogen) atoms. The summed E-state index contributed by atoms with van der Waals surface area (Å²) >= 11 is 0. The maximum atomic E-state index is 12.1. The minimum absolute atomic E-state index is 0.0319. The second kappa shape index (κ2) is 7.06. The Bertz CT molecular complexity index is 397. The fourth-order valence-electron chi connectivity index (χ4n) is 1.92. The highest BCUT2D eigenvalue weighted by atomic mass is 19.4. The van der Waals surface area contributed by atoms with Gasteiger partial charge in [-0.25, -0.2) is 0 Å². The lowest BCUT2D eigenvalue weighted by Gasteiger charge is -2.29. The highest BCUT2D eigenvalue weighted by Gasteiger charge is 2.29. The van der Waals surface area contributed by atoms with Gasteiger partial charge in [0.2, 0.25) is 0 Å². The first-order valence-electron chi connectivity index (χ1n) is 6.50. The molecule has 1 aromatic rings. The van der Waals surface area contributed by atoms with Crippen molar-refractivity contribution in [3.8, 4) is 0 Å². The van der Waals surface area contributed by atoms with Crippen LogP contribution in [0.2, 0.25) is 0 Å². The Kier molecular flexibility index (Phi) is 5.98. The quantitative estimate of drug-likeness (QED) is 0.808. The largest absolute Gasteiger partial charge is 0.390 e. The van der Waals surface area contributed by atoms with Crippen molar-refractivity contribution in [3.63, 3.8) is 0 Å². The monoisotopic (exact) mass is 290 g/mol. The standard InChI is InChI=1S/C14H21F3N2O/c1-19(10-8-14(15,16)17)9-7-13(20,11-18)12-5-3-2-4-6-12/h2-6,20H,7-11,18H2,1H3. The average Bonchev–Trinajstić information content (AvgIpc) is 2.42. The average molecular weight is 290 g/mol. The Morgan fingerprint density at radius 3 is 2.15 bits per heavy atom. The minimum Gasteiger partial charge on any atom is -0.384 e. The van der Waals surface area contributed by atoms with E-state index in [9.17, 15) is 18.3 Å². The number of aliphatic hydroxyl groups is 1. The van der Waals surface area contributed by atoms with Crippen LogP contribution >= 0.6 is 0 Å². The molecule has 1 aromatic carbocycles. The Morgan fingerprint density at radius 1 is 1.10 bits per heavy atom. The zero-order valence-electron chi connectivity index (χ0n) is 11.5. The van der Waals surface area contributed by atoms with Gasteiger partial charge in [-0.1, -0.05) is 30.3 Å². The van der Waals surface area contributed by atoms with Crippen LogP contribution in [-0.2, 0) is 5.60 Å². The lowest BCUT2D eigenvalue weighted by Crippen LogP contribution is -2.38. The second-order valence-electron chi connectivity index (χ2n) is 5.02. The van der Waals surface area contributed by atoms with E-state index in [0.717, 1.165) is 0 Å². The van der Waals surface area contributed by atoms with E-state index in [0.29, 0.717) is 18.5 Å². The number of alkyl halides is 3. The first-order chi connectivity index (χ1) is 9.27. The lowest BCUT2D eigenvalue weighted by molar-refractivity contribution is -0.137. The van der Waals surface area contributed by atoms with Crippen LogP contribution in [0, 0.1) is 0 Å². The summed E-state index contributed by atoms with van der Waals surface area (Å²) in [6, 6.07) is 8.95.